The molecule has 3 rings (SSSR count). The maximum absolute atomic E-state index is 13.0. The van der Waals surface area contributed by atoms with Crippen molar-refractivity contribution in [3.8, 4) is 0 Å². The fourth-order valence-electron chi connectivity index (χ4n) is 2.93. The van der Waals surface area contributed by atoms with Gasteiger partial charge in [-0.15, -0.1) is 11.3 Å². The van der Waals surface area contributed by atoms with Gasteiger partial charge in [-0.3, -0.25) is 4.79 Å². The van der Waals surface area contributed by atoms with Gasteiger partial charge in [0.05, 0.1) is 17.3 Å². The average Bonchev–Trinajstić information content (AvgIpc) is 3.13. The molecule has 4 nitrogen and oxygen atoms in total. The maximum atomic E-state index is 13.0. The van der Waals surface area contributed by atoms with Crippen molar-refractivity contribution < 1.29 is 14.3 Å². The summed E-state index contributed by atoms with van der Waals surface area (Å²) in [5.41, 5.74) is 3.24. The number of halogens is 1. The molecule has 1 aliphatic rings. The van der Waals surface area contributed by atoms with Crippen LogP contribution in [0.4, 0.5) is 4.39 Å². The predicted molar refractivity (Wildman–Crippen MR) is 91.8 cm³/mol. The second-order valence-corrected chi connectivity index (χ2v) is 6.62. The van der Waals surface area contributed by atoms with Crippen LogP contribution in [0.1, 0.15) is 30.2 Å². The van der Waals surface area contributed by atoms with E-state index in [1.165, 1.54) is 23.5 Å². The van der Waals surface area contributed by atoms with E-state index in [2.05, 4.69) is 4.98 Å². The number of hydrogen-bond acceptors (Lipinski definition) is 4. The molecule has 1 saturated heterocycles. The Bertz CT molecular complexity index is 692. The van der Waals surface area contributed by atoms with Gasteiger partial charge in [-0.2, -0.15) is 0 Å². The van der Waals surface area contributed by atoms with Crippen LogP contribution < -0.4 is 0 Å². The van der Waals surface area contributed by atoms with E-state index in [1.54, 1.807) is 34.7 Å². The van der Waals surface area contributed by atoms with E-state index in [9.17, 15) is 14.3 Å². The average molecular weight is 346 g/mol. The number of rotatable bonds is 4. The summed E-state index contributed by atoms with van der Waals surface area (Å²) in [5, 5.41) is 12.3. The van der Waals surface area contributed by atoms with Gasteiger partial charge < -0.3 is 10.0 Å². The smallest absolute Gasteiger partial charge is 0.246 e. The van der Waals surface area contributed by atoms with Gasteiger partial charge in [0.15, 0.2) is 0 Å². The van der Waals surface area contributed by atoms with E-state index in [4.69, 9.17) is 0 Å². The van der Waals surface area contributed by atoms with E-state index in [-0.39, 0.29) is 17.6 Å². The number of carbonyl (C=O) groups is 1. The lowest BCUT2D eigenvalue weighted by molar-refractivity contribution is -0.127. The van der Waals surface area contributed by atoms with Crippen LogP contribution in [0.5, 0.6) is 0 Å². The van der Waals surface area contributed by atoms with Crippen molar-refractivity contribution in [2.24, 2.45) is 5.92 Å². The van der Waals surface area contributed by atoms with E-state index < -0.39 is 6.10 Å². The number of likely N-dealkylation sites (tertiary alicyclic amines) is 1. The summed E-state index contributed by atoms with van der Waals surface area (Å²) in [4.78, 5) is 18.1. The zero-order chi connectivity index (χ0) is 16.9. The van der Waals surface area contributed by atoms with Crippen LogP contribution in [0, 0.1) is 11.7 Å². The molecule has 2 aromatic rings. The highest BCUT2D eigenvalue weighted by molar-refractivity contribution is 7.07. The van der Waals surface area contributed by atoms with Crippen molar-refractivity contribution in [2.75, 3.05) is 13.1 Å². The Balaban J connectivity index is 1.53. The van der Waals surface area contributed by atoms with Crippen molar-refractivity contribution in [3.63, 3.8) is 0 Å². The number of aliphatic hydroxyl groups excluding tert-OH is 1. The monoisotopic (exact) mass is 346 g/mol. The highest BCUT2D eigenvalue weighted by atomic mass is 32.1. The second-order valence-electron chi connectivity index (χ2n) is 5.91. The molecule has 1 aromatic heterocycles. The Hall–Kier alpha value is -2.05. The summed E-state index contributed by atoms with van der Waals surface area (Å²) in [7, 11) is 0. The summed E-state index contributed by atoms with van der Waals surface area (Å²) in [6.45, 7) is 1.23. The number of nitrogens with zero attached hydrogens (tertiary/aromatic N) is 2. The second kappa shape index (κ2) is 7.68. The summed E-state index contributed by atoms with van der Waals surface area (Å²) in [5.74, 6) is -0.252. The molecule has 1 N–H and O–H groups in total. The Morgan fingerprint density at radius 3 is 2.67 bits per heavy atom. The minimum Gasteiger partial charge on any atom is -0.388 e. The van der Waals surface area contributed by atoms with E-state index in [0.717, 1.165) is 24.1 Å². The van der Waals surface area contributed by atoms with E-state index in [0.29, 0.717) is 13.1 Å². The highest BCUT2D eigenvalue weighted by Crippen LogP contribution is 2.30. The molecule has 1 fully saturated rings. The third kappa shape index (κ3) is 4.07. The minimum absolute atomic E-state index is 0.0299. The van der Waals surface area contributed by atoms with Gasteiger partial charge in [0.25, 0.3) is 0 Å². The normalized spacial score (nSPS) is 17.3. The third-order valence-electron chi connectivity index (χ3n) is 4.36. The van der Waals surface area contributed by atoms with Crippen molar-refractivity contribution in [1.29, 1.82) is 0 Å². The Morgan fingerprint density at radius 1 is 1.33 bits per heavy atom. The number of hydrogen-bond donors (Lipinski definition) is 1. The fourth-order valence-corrected chi connectivity index (χ4v) is 3.46. The van der Waals surface area contributed by atoms with Gasteiger partial charge in [-0.1, -0.05) is 12.1 Å². The third-order valence-corrected chi connectivity index (χ3v) is 4.96. The van der Waals surface area contributed by atoms with Crippen LogP contribution in [0.3, 0.4) is 0 Å². The first-order chi connectivity index (χ1) is 11.6. The molecule has 2 heterocycles. The Morgan fingerprint density at radius 2 is 2.04 bits per heavy atom. The van der Waals surface area contributed by atoms with Crippen molar-refractivity contribution in [1.82, 2.24) is 9.88 Å². The lowest BCUT2D eigenvalue weighted by atomic mass is 9.87. The van der Waals surface area contributed by atoms with Gasteiger partial charge >= 0.3 is 0 Å². The standard InChI is InChI=1S/C18H19FN2O2S/c19-15-3-1-13(2-4-15)18(23)14-7-9-21(10-8-14)17(22)6-5-16-11-24-12-20-16/h1-6,11-12,14,18,23H,7-10H2/b6-5-/t18-/m0/s1. The van der Waals surface area contributed by atoms with Crippen LogP contribution in [0.15, 0.2) is 41.2 Å². The molecule has 0 aliphatic carbocycles. The number of carbonyl (C=O) groups excluding carboxylic acids is 1. The SMILES string of the molecule is O=C(/C=C\c1cscn1)N1CCC([C@@H](O)c2ccc(F)cc2)CC1. The van der Waals surface area contributed by atoms with Crippen molar-refractivity contribution in [3.05, 3.63) is 58.3 Å². The van der Waals surface area contributed by atoms with Crippen molar-refractivity contribution >= 4 is 23.3 Å². The molecule has 24 heavy (non-hydrogen) atoms. The fraction of sp³-hybridized carbons (Fsp3) is 0.333. The molecule has 0 radical (unpaired) electrons. The number of amides is 1. The first-order valence-electron chi connectivity index (χ1n) is 7.92. The van der Waals surface area contributed by atoms with Crippen LogP contribution >= 0.6 is 11.3 Å². The molecule has 0 unspecified atom stereocenters. The number of benzene rings is 1. The van der Waals surface area contributed by atoms with Crippen LogP contribution in [-0.2, 0) is 4.79 Å². The molecule has 1 aliphatic heterocycles. The van der Waals surface area contributed by atoms with Crippen LogP contribution in [-0.4, -0.2) is 34.0 Å². The number of aromatic nitrogens is 1. The molecule has 0 saturated carbocycles. The Labute approximate surface area is 144 Å². The summed E-state index contributed by atoms with van der Waals surface area (Å²) >= 11 is 1.49. The van der Waals surface area contributed by atoms with Crippen LogP contribution in [0.2, 0.25) is 0 Å². The number of piperidine rings is 1. The molecule has 1 atom stereocenters. The summed E-state index contributed by atoms with van der Waals surface area (Å²) < 4.78 is 13.0. The zero-order valence-corrected chi connectivity index (χ0v) is 14.0. The topological polar surface area (TPSA) is 53.4 Å². The molecule has 126 valence electrons. The lowest BCUT2D eigenvalue weighted by Crippen LogP contribution is -2.38. The molecule has 1 amide bonds. The van der Waals surface area contributed by atoms with Gasteiger partial charge in [-0.25, -0.2) is 9.37 Å². The number of aliphatic hydroxyl groups is 1. The summed E-state index contributed by atoms with van der Waals surface area (Å²) in [6, 6.07) is 5.96. The van der Waals surface area contributed by atoms with Crippen LogP contribution in [0.25, 0.3) is 6.08 Å². The summed E-state index contributed by atoms with van der Waals surface area (Å²) in [6.07, 6.45) is 4.11. The maximum Gasteiger partial charge on any atom is 0.246 e. The molecular formula is C18H19FN2O2S. The first-order valence-corrected chi connectivity index (χ1v) is 8.86. The van der Waals surface area contributed by atoms with Gasteiger partial charge in [0.2, 0.25) is 5.91 Å². The molecule has 0 bridgehead atoms. The number of thiazole rings is 1. The Kier molecular flexibility index (Phi) is 5.37. The highest BCUT2D eigenvalue weighted by Gasteiger charge is 2.27. The molecule has 0 spiro atoms. The molecular weight excluding hydrogens is 327 g/mol. The quantitative estimate of drug-likeness (QED) is 0.865. The zero-order valence-electron chi connectivity index (χ0n) is 13.1. The first kappa shape index (κ1) is 16.8. The van der Waals surface area contributed by atoms with Crippen molar-refractivity contribution in [2.45, 2.75) is 18.9 Å². The molecule has 6 heteroatoms. The minimum atomic E-state index is -0.617. The lowest BCUT2D eigenvalue weighted by Gasteiger charge is -2.33. The van der Waals surface area contributed by atoms with E-state index >= 15 is 0 Å². The van der Waals surface area contributed by atoms with Gasteiger partial charge in [0.1, 0.15) is 5.82 Å². The van der Waals surface area contributed by atoms with E-state index in [1.807, 2.05) is 5.38 Å². The van der Waals surface area contributed by atoms with Gasteiger partial charge in [-0.05, 0) is 42.5 Å². The molecule has 1 aromatic carbocycles. The largest absolute Gasteiger partial charge is 0.388 e. The van der Waals surface area contributed by atoms with Gasteiger partial charge in [0, 0.05) is 24.5 Å². The predicted octanol–water partition coefficient (Wildman–Crippen LogP) is 3.27.